The number of nitrogens with one attached hydrogen (secondary N) is 1. The smallest absolute Gasteiger partial charge is 0.220 e. The van der Waals surface area contributed by atoms with Gasteiger partial charge in [0.2, 0.25) is 5.91 Å². The molecule has 0 bridgehead atoms. The number of hydrogen-bond acceptors (Lipinski definition) is 13. The molecule has 0 spiro atoms. The van der Waals surface area contributed by atoms with Crippen LogP contribution in [0, 0.1) is 0 Å². The number of rotatable bonds is 74. The summed E-state index contributed by atoms with van der Waals surface area (Å²) in [6, 6.07) is -0.948. The van der Waals surface area contributed by atoms with Crippen molar-refractivity contribution in [3.63, 3.8) is 0 Å². The highest BCUT2D eigenvalue weighted by molar-refractivity contribution is 5.76. The lowest BCUT2D eigenvalue weighted by atomic mass is 9.97. The maximum atomic E-state index is 13.4. The first-order valence-electron chi connectivity index (χ1n) is 44.4. The van der Waals surface area contributed by atoms with Crippen molar-refractivity contribution in [3.8, 4) is 0 Å². The lowest BCUT2D eigenvalue weighted by molar-refractivity contribution is -0.359. The molecule has 0 aromatic rings. The van der Waals surface area contributed by atoms with Crippen LogP contribution in [0.5, 0.6) is 0 Å². The molecule has 0 aromatic carbocycles. The number of amides is 1. The third-order valence-electron chi connectivity index (χ3n) is 20.8. The maximum Gasteiger partial charge on any atom is 0.220 e. The standard InChI is InChI=1S/C94H163NO13/c1-3-5-7-9-11-13-15-17-19-21-23-25-27-29-31-33-35-37-38-39-40-41-42-43-44-46-48-50-52-54-56-58-60-62-64-66-68-70-72-74-76-78-86(99)95-82(81-105-93-91(104)89(102)92(85(80-97)107-93)108-94-90(103)88(101)87(100)84(79-96)106-94)83(98)77-75-73-71-69-67-65-63-61-59-57-55-53-51-49-47-45-36-34-32-30-28-26-24-22-20-18-16-14-12-10-8-6-4-2/h5,7,11,13,17,19,23,25,29,31,35,37,39-40,42-43,59,61,67,69,75,77,82-85,87-94,96-98,100-104H,3-4,6,8-10,12,14-16,18,20-22,24,26-28,30,32-34,36,38,41,44-58,60,62-66,68,70-74,76,78-81H2,1-2H3,(H,95,99)/b7-5-,13-11-,19-17-,25-23-,31-29-,37-35-,40-39-,43-42-,61-59+,69-67+,77-75+. The van der Waals surface area contributed by atoms with E-state index < -0.39 is 86.8 Å². The Morgan fingerprint density at radius 1 is 0.343 bits per heavy atom. The van der Waals surface area contributed by atoms with Crippen LogP contribution in [0.3, 0.4) is 0 Å². The van der Waals surface area contributed by atoms with Gasteiger partial charge in [-0.05, 0) is 109 Å². The normalized spacial score (nSPS) is 21.8. The Hall–Kier alpha value is -3.87. The topological polar surface area (TPSA) is 228 Å². The summed E-state index contributed by atoms with van der Waals surface area (Å²) in [4.78, 5) is 13.4. The minimum Gasteiger partial charge on any atom is -0.394 e. The van der Waals surface area contributed by atoms with Crippen molar-refractivity contribution in [2.45, 2.75) is 434 Å². The fraction of sp³-hybridized carbons (Fsp3) is 0.755. The number of aliphatic hydroxyl groups excluding tert-OH is 8. The van der Waals surface area contributed by atoms with Gasteiger partial charge in [0.1, 0.15) is 48.8 Å². The van der Waals surface area contributed by atoms with E-state index in [1.807, 2.05) is 6.08 Å². The largest absolute Gasteiger partial charge is 0.394 e. The number of ether oxygens (including phenoxy) is 4. The molecular weight excluding hydrogens is 1350 g/mol. The minimum absolute atomic E-state index is 0.253. The zero-order valence-electron chi connectivity index (χ0n) is 68.6. The number of aliphatic hydroxyl groups is 8. The second kappa shape index (κ2) is 75.8. The van der Waals surface area contributed by atoms with E-state index in [-0.39, 0.29) is 18.9 Å². The Balaban J connectivity index is 1.60. The SMILES string of the molecule is CC/C=C\C/C=C\C/C=C\C/C=C\C/C=C\C/C=C\C/C=C\C/C=C\CCCCCCCCCCCCCCCCCCC(=O)NC(COC1OC(CO)C(OC2OC(CO)C(O)C(O)C2O)C(O)C1O)C(O)/C=C/CC/C=C/CC/C=C/CCCCCCCCCCCCCCCCCCCCCCCCC. The van der Waals surface area contributed by atoms with E-state index in [1.54, 1.807) is 6.08 Å². The predicted molar refractivity (Wildman–Crippen MR) is 451 cm³/mol. The average molecular weight is 1520 g/mol. The summed E-state index contributed by atoms with van der Waals surface area (Å²) >= 11 is 0. The van der Waals surface area contributed by atoms with Crippen LogP contribution in [0.25, 0.3) is 0 Å². The Bertz CT molecular complexity index is 2340. The van der Waals surface area contributed by atoms with E-state index in [0.29, 0.717) is 12.8 Å². The molecule has 0 aromatic heterocycles. The lowest BCUT2D eigenvalue weighted by Crippen LogP contribution is -2.65. The molecule has 2 rings (SSSR count). The third kappa shape index (κ3) is 57.2. The average Bonchev–Trinajstić information content (AvgIpc) is 0.789. The Labute approximate surface area is 660 Å². The zero-order chi connectivity index (χ0) is 77.9. The fourth-order valence-electron chi connectivity index (χ4n) is 13.9. The summed E-state index contributed by atoms with van der Waals surface area (Å²) in [6.07, 6.45) is 97.0. The van der Waals surface area contributed by atoms with E-state index in [2.05, 4.69) is 141 Å². The maximum absolute atomic E-state index is 13.4. The lowest BCUT2D eigenvalue weighted by Gasteiger charge is -2.46. The monoisotopic (exact) mass is 1510 g/mol. The molecule has 2 fully saturated rings. The first-order chi connectivity index (χ1) is 53.1. The molecule has 2 saturated heterocycles. The summed E-state index contributed by atoms with van der Waals surface area (Å²) in [6.45, 7) is 2.70. The van der Waals surface area contributed by atoms with Crippen LogP contribution in [0.1, 0.15) is 361 Å². The van der Waals surface area contributed by atoms with Crippen LogP contribution in [-0.2, 0) is 23.7 Å². The van der Waals surface area contributed by atoms with E-state index in [9.17, 15) is 45.6 Å². The molecule has 12 atom stereocenters. The number of carbonyl (C=O) groups is 1. The quantitative estimate of drug-likeness (QED) is 0.0204. The van der Waals surface area contributed by atoms with Gasteiger partial charge in [0.25, 0.3) is 0 Å². The highest BCUT2D eigenvalue weighted by atomic mass is 16.7. The van der Waals surface area contributed by atoms with Gasteiger partial charge in [0.05, 0.1) is 32.0 Å². The van der Waals surface area contributed by atoms with Gasteiger partial charge in [-0.15, -0.1) is 0 Å². The van der Waals surface area contributed by atoms with Gasteiger partial charge < -0.3 is 65.1 Å². The van der Waals surface area contributed by atoms with Gasteiger partial charge in [-0.3, -0.25) is 4.79 Å². The van der Waals surface area contributed by atoms with Crippen molar-refractivity contribution in [2.24, 2.45) is 0 Å². The fourth-order valence-corrected chi connectivity index (χ4v) is 13.9. The second-order valence-electron chi connectivity index (χ2n) is 30.6. The molecule has 2 aliphatic heterocycles. The molecule has 14 nitrogen and oxygen atoms in total. The van der Waals surface area contributed by atoms with Crippen LogP contribution in [0.15, 0.2) is 134 Å². The van der Waals surface area contributed by atoms with Crippen molar-refractivity contribution >= 4 is 5.91 Å². The van der Waals surface area contributed by atoms with Gasteiger partial charge in [0, 0.05) is 6.42 Å². The molecule has 14 heteroatoms. The van der Waals surface area contributed by atoms with Gasteiger partial charge in [-0.2, -0.15) is 0 Å². The molecule has 0 radical (unpaired) electrons. The first kappa shape index (κ1) is 100. The van der Waals surface area contributed by atoms with Crippen molar-refractivity contribution < 1.29 is 64.6 Å². The molecule has 0 saturated carbocycles. The van der Waals surface area contributed by atoms with Gasteiger partial charge >= 0.3 is 0 Å². The van der Waals surface area contributed by atoms with Gasteiger partial charge in [-0.1, -0.05) is 379 Å². The van der Waals surface area contributed by atoms with Crippen molar-refractivity contribution in [1.82, 2.24) is 5.32 Å². The Morgan fingerprint density at radius 2 is 0.648 bits per heavy atom. The molecule has 9 N–H and O–H groups in total. The van der Waals surface area contributed by atoms with Crippen LogP contribution in [0.2, 0.25) is 0 Å². The Morgan fingerprint density at radius 3 is 1.02 bits per heavy atom. The van der Waals surface area contributed by atoms with Crippen molar-refractivity contribution in [2.75, 3.05) is 19.8 Å². The predicted octanol–water partition coefficient (Wildman–Crippen LogP) is 21.7. The number of hydrogen-bond donors (Lipinski definition) is 9. The number of carbonyl (C=O) groups excluding carboxylic acids is 1. The molecular formula is C94H163NO13. The molecule has 2 heterocycles. The van der Waals surface area contributed by atoms with E-state index in [4.69, 9.17) is 18.9 Å². The summed E-state index contributed by atoms with van der Waals surface area (Å²) in [5, 5.41) is 87.8. The van der Waals surface area contributed by atoms with Crippen LogP contribution >= 0.6 is 0 Å². The van der Waals surface area contributed by atoms with Crippen LogP contribution in [0.4, 0.5) is 0 Å². The summed E-state index contributed by atoms with van der Waals surface area (Å²) in [5.74, 6) is -0.253. The highest BCUT2D eigenvalue weighted by Crippen LogP contribution is 2.30. The molecule has 0 aliphatic carbocycles. The first-order valence-corrected chi connectivity index (χ1v) is 44.4. The van der Waals surface area contributed by atoms with E-state index >= 15 is 0 Å². The third-order valence-corrected chi connectivity index (χ3v) is 20.8. The minimum atomic E-state index is -1.80. The molecule has 2 aliphatic rings. The zero-order valence-corrected chi connectivity index (χ0v) is 68.6. The van der Waals surface area contributed by atoms with Crippen LogP contribution < -0.4 is 5.32 Å². The summed E-state index contributed by atoms with van der Waals surface area (Å²) < 4.78 is 22.9. The number of unbranched alkanes of at least 4 members (excludes halogenated alkanes) is 41. The summed E-state index contributed by atoms with van der Waals surface area (Å²) in [5.41, 5.74) is 0. The van der Waals surface area contributed by atoms with Crippen molar-refractivity contribution in [1.29, 1.82) is 0 Å². The van der Waals surface area contributed by atoms with Crippen molar-refractivity contribution in [3.05, 3.63) is 134 Å². The second-order valence-corrected chi connectivity index (χ2v) is 30.6. The molecule has 622 valence electrons. The van der Waals surface area contributed by atoms with Gasteiger partial charge in [-0.25, -0.2) is 0 Å². The summed E-state index contributed by atoms with van der Waals surface area (Å²) in [7, 11) is 0. The van der Waals surface area contributed by atoms with E-state index in [0.717, 1.165) is 96.3 Å². The molecule has 108 heavy (non-hydrogen) atoms. The van der Waals surface area contributed by atoms with E-state index in [1.165, 1.54) is 231 Å². The van der Waals surface area contributed by atoms with Crippen LogP contribution in [-0.4, -0.2) is 140 Å². The Kier molecular flexibility index (Phi) is 70.3. The molecule has 12 unspecified atom stereocenters. The number of allylic oxidation sites excluding steroid dienone is 21. The highest BCUT2D eigenvalue weighted by Gasteiger charge is 2.51. The molecule has 1 amide bonds. The van der Waals surface area contributed by atoms with Gasteiger partial charge in [0.15, 0.2) is 12.6 Å².